The van der Waals surface area contributed by atoms with Crippen molar-refractivity contribution in [3.05, 3.63) is 51.5 Å². The Kier molecular flexibility index (Phi) is 6.16. The molecule has 2 aromatic rings. The summed E-state index contributed by atoms with van der Waals surface area (Å²) in [6.45, 7) is 9.90. The van der Waals surface area contributed by atoms with Crippen LogP contribution in [0.4, 0.5) is 20.2 Å². The van der Waals surface area contributed by atoms with Gasteiger partial charge in [-0.15, -0.1) is 0 Å². The Labute approximate surface area is 173 Å². The summed E-state index contributed by atoms with van der Waals surface area (Å²) in [7, 11) is 0. The quantitative estimate of drug-likeness (QED) is 0.413. The molecule has 0 bridgehead atoms. The van der Waals surface area contributed by atoms with E-state index in [4.69, 9.17) is 11.6 Å². The molecule has 1 amide bonds. The number of benzene rings is 2. The number of aryl methyl sites for hydroxylation is 1. The number of nitrogens with one attached hydrogen (secondary N) is 1. The maximum Gasteiger partial charge on any atom is 0.344 e. The molecular formula is C21H25ClF2N2O3. The fourth-order valence-corrected chi connectivity index (χ4v) is 3.12. The molecule has 0 saturated carbocycles. The van der Waals surface area contributed by atoms with Crippen molar-refractivity contribution in [3.63, 3.8) is 0 Å². The Morgan fingerprint density at radius 1 is 1.14 bits per heavy atom. The predicted octanol–water partition coefficient (Wildman–Crippen LogP) is 6.02. The second-order valence-corrected chi connectivity index (χ2v) is 8.52. The summed E-state index contributed by atoms with van der Waals surface area (Å²) in [5.41, 5.74) is 1.77. The van der Waals surface area contributed by atoms with Crippen molar-refractivity contribution in [2.24, 2.45) is 0 Å². The van der Waals surface area contributed by atoms with Crippen LogP contribution in [0.15, 0.2) is 24.3 Å². The van der Waals surface area contributed by atoms with Crippen LogP contribution in [0.5, 0.6) is 5.75 Å². The van der Waals surface area contributed by atoms with Crippen molar-refractivity contribution in [1.29, 1.82) is 0 Å². The number of anilines is 2. The Bertz CT molecular complexity index is 950. The lowest BCUT2D eigenvalue weighted by Crippen LogP contribution is -2.36. The van der Waals surface area contributed by atoms with E-state index in [9.17, 15) is 23.9 Å². The molecule has 8 heteroatoms. The number of hydrogen-bond acceptors (Lipinski definition) is 4. The van der Waals surface area contributed by atoms with E-state index in [1.54, 1.807) is 6.92 Å². The van der Waals surface area contributed by atoms with Crippen LogP contribution >= 0.6 is 11.6 Å². The van der Waals surface area contributed by atoms with E-state index in [0.717, 1.165) is 11.6 Å². The highest BCUT2D eigenvalue weighted by Crippen LogP contribution is 2.37. The number of carbonyl (C=O) groups excluding carboxylic acids is 1. The van der Waals surface area contributed by atoms with Gasteiger partial charge in [0.1, 0.15) is 5.75 Å². The van der Waals surface area contributed by atoms with Crippen LogP contribution in [0.1, 0.15) is 54.7 Å². The van der Waals surface area contributed by atoms with E-state index >= 15 is 0 Å². The lowest BCUT2D eigenvalue weighted by Gasteiger charge is -2.25. The zero-order valence-electron chi connectivity index (χ0n) is 17.2. The van der Waals surface area contributed by atoms with Crippen molar-refractivity contribution in [2.75, 3.05) is 10.4 Å². The normalized spacial score (nSPS) is 12.1. The van der Waals surface area contributed by atoms with E-state index in [2.05, 4.69) is 5.32 Å². The zero-order valence-corrected chi connectivity index (χ0v) is 17.9. The van der Waals surface area contributed by atoms with Crippen LogP contribution in [0, 0.1) is 13.8 Å². The lowest BCUT2D eigenvalue weighted by atomic mass is 9.82. The summed E-state index contributed by atoms with van der Waals surface area (Å²) in [4.78, 5) is 12.9. The molecule has 0 spiro atoms. The number of alkyl halides is 2. The first-order chi connectivity index (χ1) is 13.1. The van der Waals surface area contributed by atoms with Gasteiger partial charge in [-0.1, -0.05) is 38.4 Å². The van der Waals surface area contributed by atoms with Crippen LogP contribution in [-0.2, 0) is 5.41 Å². The van der Waals surface area contributed by atoms with Gasteiger partial charge in [0, 0.05) is 12.5 Å². The third-order valence-electron chi connectivity index (χ3n) is 4.67. The van der Waals surface area contributed by atoms with Crippen LogP contribution in [0.3, 0.4) is 0 Å². The summed E-state index contributed by atoms with van der Waals surface area (Å²) in [6, 6.07) is 1.96. The topological polar surface area (TPSA) is 72.8 Å². The molecule has 5 nitrogen and oxygen atoms in total. The van der Waals surface area contributed by atoms with E-state index < -0.39 is 12.0 Å². The molecule has 2 rings (SSSR count). The summed E-state index contributed by atoms with van der Waals surface area (Å²) in [6.07, 6.45) is 0. The minimum atomic E-state index is -3.50. The van der Waals surface area contributed by atoms with Gasteiger partial charge < -0.3 is 10.4 Å². The van der Waals surface area contributed by atoms with E-state index in [1.807, 2.05) is 33.8 Å². The number of phenols is 1. The van der Waals surface area contributed by atoms with Gasteiger partial charge in [-0.3, -0.25) is 10.0 Å². The van der Waals surface area contributed by atoms with Crippen LogP contribution < -0.4 is 10.4 Å². The second-order valence-electron chi connectivity index (χ2n) is 8.11. The van der Waals surface area contributed by atoms with Crippen molar-refractivity contribution >= 4 is 28.9 Å². The zero-order chi connectivity index (χ0) is 22.3. The standard InChI is InChI=1S/C21H25ClF2N2O3/c1-11-9-14(20(3,4)5)18(27)17(12(11)2)19(28)25-16-8-7-13(10-15(16)22)26(29)21(6,23)24/h7-10,27,29H,1-6H3,(H,25,28). The largest absolute Gasteiger partial charge is 0.507 e. The fraction of sp³-hybridized carbons (Fsp3) is 0.381. The van der Waals surface area contributed by atoms with Gasteiger partial charge in [0.2, 0.25) is 0 Å². The first kappa shape index (κ1) is 22.9. The summed E-state index contributed by atoms with van der Waals surface area (Å²) < 4.78 is 26.5. The van der Waals surface area contributed by atoms with Gasteiger partial charge in [-0.25, -0.2) is 0 Å². The molecule has 0 radical (unpaired) electrons. The first-order valence-electron chi connectivity index (χ1n) is 8.96. The van der Waals surface area contributed by atoms with Crippen molar-refractivity contribution in [2.45, 2.75) is 53.0 Å². The van der Waals surface area contributed by atoms with Gasteiger partial charge in [0.05, 0.1) is 22.0 Å². The molecule has 3 N–H and O–H groups in total. The molecule has 0 heterocycles. The monoisotopic (exact) mass is 426 g/mol. The number of phenolic OH excluding ortho intramolecular Hbond substituents is 1. The second kappa shape index (κ2) is 7.80. The number of hydrogen-bond donors (Lipinski definition) is 3. The third kappa shape index (κ3) is 4.79. The molecule has 0 unspecified atom stereocenters. The Morgan fingerprint density at radius 2 is 1.72 bits per heavy atom. The number of rotatable bonds is 4. The molecular weight excluding hydrogens is 402 g/mol. The molecule has 0 aliphatic carbocycles. The Morgan fingerprint density at radius 3 is 2.21 bits per heavy atom. The van der Waals surface area contributed by atoms with Crippen LogP contribution in [-0.4, -0.2) is 22.3 Å². The minimum absolute atomic E-state index is 0.0417. The molecule has 0 saturated heterocycles. The van der Waals surface area contributed by atoms with E-state index in [-0.39, 0.29) is 38.2 Å². The van der Waals surface area contributed by atoms with Crippen LogP contribution in [0.2, 0.25) is 5.02 Å². The average molecular weight is 427 g/mol. The number of halogens is 3. The van der Waals surface area contributed by atoms with Gasteiger partial charge in [-0.05, 0) is 48.6 Å². The number of aromatic hydroxyl groups is 1. The minimum Gasteiger partial charge on any atom is -0.507 e. The number of nitrogens with zero attached hydrogens (tertiary/aromatic N) is 1. The molecule has 0 aromatic heterocycles. The SMILES string of the molecule is Cc1cc(C(C)(C)C)c(O)c(C(=O)Nc2ccc(N(O)C(C)(F)F)cc2Cl)c1C. The lowest BCUT2D eigenvalue weighted by molar-refractivity contribution is -0.0557. The van der Waals surface area contributed by atoms with Gasteiger partial charge in [0.25, 0.3) is 5.91 Å². The maximum absolute atomic E-state index is 13.3. The highest BCUT2D eigenvalue weighted by Gasteiger charge is 2.31. The van der Waals surface area contributed by atoms with E-state index in [0.29, 0.717) is 18.1 Å². The molecule has 0 atom stereocenters. The Balaban J connectivity index is 2.42. The third-order valence-corrected chi connectivity index (χ3v) is 4.98. The van der Waals surface area contributed by atoms with Gasteiger partial charge in [-0.2, -0.15) is 13.8 Å². The molecule has 0 aliphatic heterocycles. The summed E-state index contributed by atoms with van der Waals surface area (Å²) >= 11 is 6.11. The van der Waals surface area contributed by atoms with Crippen molar-refractivity contribution in [3.8, 4) is 5.75 Å². The predicted molar refractivity (Wildman–Crippen MR) is 111 cm³/mol. The smallest absolute Gasteiger partial charge is 0.344 e. The molecule has 158 valence electrons. The van der Waals surface area contributed by atoms with Crippen molar-refractivity contribution < 1.29 is 23.9 Å². The van der Waals surface area contributed by atoms with Crippen LogP contribution in [0.25, 0.3) is 0 Å². The summed E-state index contributed by atoms with van der Waals surface area (Å²) in [5.74, 6) is -0.691. The first-order valence-corrected chi connectivity index (χ1v) is 9.34. The number of amides is 1. The molecule has 29 heavy (non-hydrogen) atoms. The molecule has 0 aliphatic rings. The van der Waals surface area contributed by atoms with Gasteiger partial charge >= 0.3 is 6.05 Å². The fourth-order valence-electron chi connectivity index (χ4n) is 2.90. The van der Waals surface area contributed by atoms with Crippen molar-refractivity contribution in [1.82, 2.24) is 0 Å². The Hall–Kier alpha value is -2.38. The number of carbonyl (C=O) groups is 1. The highest BCUT2D eigenvalue weighted by atomic mass is 35.5. The van der Waals surface area contributed by atoms with Gasteiger partial charge in [0.15, 0.2) is 0 Å². The van der Waals surface area contributed by atoms with E-state index in [1.165, 1.54) is 12.1 Å². The summed E-state index contributed by atoms with van der Waals surface area (Å²) in [5, 5.41) is 22.6. The average Bonchev–Trinajstić information content (AvgIpc) is 2.57. The molecule has 0 fully saturated rings. The molecule has 2 aromatic carbocycles. The number of hydroxylamine groups is 1. The highest BCUT2D eigenvalue weighted by molar-refractivity contribution is 6.34. The maximum atomic E-state index is 13.3.